The molecule has 3 rings (SSSR count). The average Bonchev–Trinajstić information content (AvgIpc) is 3.19. The summed E-state index contributed by atoms with van der Waals surface area (Å²) < 4.78 is 2.87. The van der Waals surface area contributed by atoms with Crippen LogP contribution in [0.2, 0.25) is 0 Å². The van der Waals surface area contributed by atoms with Crippen LogP contribution in [0.25, 0.3) is 11.4 Å². The zero-order valence-corrected chi connectivity index (χ0v) is 12.8. The number of hydrogen-bond donors (Lipinski definition) is 2. The fourth-order valence-corrected chi connectivity index (χ4v) is 2.64. The highest BCUT2D eigenvalue weighted by molar-refractivity contribution is 7.14. The number of anilines is 1. The van der Waals surface area contributed by atoms with Gasteiger partial charge >= 0.3 is 5.97 Å². The zero-order chi connectivity index (χ0) is 16.4. The van der Waals surface area contributed by atoms with Crippen molar-refractivity contribution in [3.8, 4) is 11.4 Å². The maximum Gasteiger partial charge on any atom is 0.325 e. The summed E-state index contributed by atoms with van der Waals surface area (Å²) in [4.78, 5) is 27.0. The number of carboxylic acid groups (broad SMARTS) is 1. The Labute approximate surface area is 134 Å². The van der Waals surface area contributed by atoms with E-state index >= 15 is 0 Å². The molecule has 118 valence electrons. The quantitative estimate of drug-likeness (QED) is 0.722. The number of aliphatic carboxylic acids is 1. The van der Waals surface area contributed by atoms with Crippen molar-refractivity contribution in [2.75, 3.05) is 5.32 Å². The molecular formula is C13H12N6O3S. The molecule has 0 unspecified atom stereocenters. The Balaban J connectivity index is 1.71. The Kier molecular flexibility index (Phi) is 3.89. The largest absolute Gasteiger partial charge is 0.480 e. The van der Waals surface area contributed by atoms with E-state index in [1.807, 2.05) is 18.5 Å². The van der Waals surface area contributed by atoms with Gasteiger partial charge in [-0.2, -0.15) is 10.2 Å². The van der Waals surface area contributed by atoms with Crippen LogP contribution in [0.5, 0.6) is 0 Å². The van der Waals surface area contributed by atoms with Crippen LogP contribution in [0, 0.1) is 0 Å². The van der Waals surface area contributed by atoms with Crippen molar-refractivity contribution in [2.24, 2.45) is 7.05 Å². The number of nitrogens with zero attached hydrogens (tertiary/aromatic N) is 5. The maximum atomic E-state index is 12.1. The first kappa shape index (κ1) is 14.9. The van der Waals surface area contributed by atoms with Crippen LogP contribution in [0.3, 0.4) is 0 Å². The summed E-state index contributed by atoms with van der Waals surface area (Å²) in [5.74, 6) is -1.47. The van der Waals surface area contributed by atoms with Gasteiger partial charge in [0, 0.05) is 24.8 Å². The smallest absolute Gasteiger partial charge is 0.325 e. The summed E-state index contributed by atoms with van der Waals surface area (Å²) in [5.41, 5.74) is 1.68. The topological polar surface area (TPSA) is 115 Å². The molecule has 2 N–H and O–H groups in total. The minimum Gasteiger partial charge on any atom is -0.480 e. The van der Waals surface area contributed by atoms with Crippen molar-refractivity contribution in [2.45, 2.75) is 6.54 Å². The molecule has 23 heavy (non-hydrogen) atoms. The number of carbonyl (C=O) groups is 2. The predicted octanol–water partition coefficient (Wildman–Crippen LogP) is 1.08. The number of aryl methyl sites for hydroxylation is 1. The third-order valence-corrected chi connectivity index (χ3v) is 3.74. The Morgan fingerprint density at radius 2 is 2.22 bits per heavy atom. The molecule has 0 fully saturated rings. The summed E-state index contributed by atoms with van der Waals surface area (Å²) in [6, 6.07) is 3.28. The zero-order valence-electron chi connectivity index (χ0n) is 12.0. The number of rotatable bonds is 5. The van der Waals surface area contributed by atoms with Crippen LogP contribution >= 0.6 is 11.3 Å². The lowest BCUT2D eigenvalue weighted by Gasteiger charge is -1.99. The monoisotopic (exact) mass is 332 g/mol. The van der Waals surface area contributed by atoms with E-state index in [9.17, 15) is 9.59 Å². The normalized spacial score (nSPS) is 10.7. The van der Waals surface area contributed by atoms with E-state index in [0.717, 1.165) is 5.69 Å². The Morgan fingerprint density at radius 1 is 1.39 bits per heavy atom. The van der Waals surface area contributed by atoms with Gasteiger partial charge in [0.2, 0.25) is 0 Å². The minimum atomic E-state index is -1.03. The van der Waals surface area contributed by atoms with E-state index in [1.54, 1.807) is 10.9 Å². The Bertz CT molecular complexity index is 865. The minimum absolute atomic E-state index is 0.128. The fourth-order valence-electron chi connectivity index (χ4n) is 1.94. The number of aromatic nitrogens is 5. The van der Waals surface area contributed by atoms with Crippen molar-refractivity contribution in [1.29, 1.82) is 0 Å². The van der Waals surface area contributed by atoms with E-state index in [2.05, 4.69) is 20.5 Å². The van der Waals surface area contributed by atoms with Gasteiger partial charge in [-0.1, -0.05) is 0 Å². The van der Waals surface area contributed by atoms with Crippen molar-refractivity contribution >= 4 is 28.3 Å². The molecule has 0 aliphatic carbocycles. The van der Waals surface area contributed by atoms with Gasteiger partial charge in [0.25, 0.3) is 5.91 Å². The van der Waals surface area contributed by atoms with Crippen molar-refractivity contribution in [3.05, 3.63) is 35.6 Å². The van der Waals surface area contributed by atoms with E-state index in [-0.39, 0.29) is 12.2 Å². The number of carbonyl (C=O) groups excluding carboxylic acids is 1. The second kappa shape index (κ2) is 6.01. The molecule has 0 atom stereocenters. The first-order valence-electron chi connectivity index (χ1n) is 6.53. The third-order valence-electron chi connectivity index (χ3n) is 2.98. The van der Waals surface area contributed by atoms with Crippen LogP contribution in [0.4, 0.5) is 5.13 Å². The van der Waals surface area contributed by atoms with Gasteiger partial charge in [-0.05, 0) is 12.1 Å². The van der Waals surface area contributed by atoms with Crippen LogP contribution in [-0.4, -0.2) is 41.5 Å². The molecule has 0 aliphatic rings. The second-order valence-corrected chi connectivity index (χ2v) is 5.48. The van der Waals surface area contributed by atoms with Gasteiger partial charge in [-0.3, -0.25) is 24.3 Å². The molecule has 1 amide bonds. The first-order valence-corrected chi connectivity index (χ1v) is 7.41. The van der Waals surface area contributed by atoms with Crippen molar-refractivity contribution < 1.29 is 14.7 Å². The van der Waals surface area contributed by atoms with E-state index in [1.165, 1.54) is 28.3 Å². The van der Waals surface area contributed by atoms with Gasteiger partial charge in [0.05, 0.1) is 5.69 Å². The molecule has 0 spiro atoms. The lowest BCUT2D eigenvalue weighted by molar-refractivity contribution is -0.137. The van der Waals surface area contributed by atoms with Gasteiger partial charge in [-0.25, -0.2) is 4.98 Å². The molecule has 0 aliphatic heterocycles. The molecule has 0 bridgehead atoms. The van der Waals surface area contributed by atoms with Gasteiger partial charge in [-0.15, -0.1) is 11.3 Å². The summed E-state index contributed by atoms with van der Waals surface area (Å²) >= 11 is 1.28. The summed E-state index contributed by atoms with van der Waals surface area (Å²) in [7, 11) is 1.81. The molecule has 9 nitrogen and oxygen atoms in total. The van der Waals surface area contributed by atoms with E-state index in [4.69, 9.17) is 5.11 Å². The number of carboxylic acids is 1. The second-order valence-electron chi connectivity index (χ2n) is 4.62. The molecule has 0 aromatic carbocycles. The predicted molar refractivity (Wildman–Crippen MR) is 82.1 cm³/mol. The standard InChI is InChI=1S/C13H12N6O3S/c1-18-10(2-4-14-18)9-7-23-13(15-9)16-12(22)8-3-5-19(17-8)6-11(20)21/h2-5,7H,6H2,1H3,(H,20,21)(H,15,16,22). The Hall–Kier alpha value is -3.01. The Morgan fingerprint density at radius 3 is 2.91 bits per heavy atom. The molecule has 3 aromatic rings. The molecule has 3 aromatic heterocycles. The lowest BCUT2D eigenvalue weighted by Crippen LogP contribution is -2.14. The highest BCUT2D eigenvalue weighted by atomic mass is 32.1. The summed E-state index contributed by atoms with van der Waals surface area (Å²) in [6.07, 6.45) is 3.11. The SMILES string of the molecule is Cn1nccc1-c1csc(NC(=O)c2ccn(CC(=O)O)n2)n1. The molecule has 0 saturated carbocycles. The summed E-state index contributed by atoms with van der Waals surface area (Å²) in [6.45, 7) is -0.296. The average molecular weight is 332 g/mol. The maximum absolute atomic E-state index is 12.1. The fraction of sp³-hybridized carbons (Fsp3) is 0.154. The van der Waals surface area contributed by atoms with E-state index in [0.29, 0.717) is 10.8 Å². The van der Waals surface area contributed by atoms with Crippen LogP contribution < -0.4 is 5.32 Å². The number of nitrogens with one attached hydrogen (secondary N) is 1. The summed E-state index contributed by atoms with van der Waals surface area (Å²) in [5, 5.41) is 21.5. The number of amides is 1. The van der Waals surface area contributed by atoms with Gasteiger partial charge < -0.3 is 5.11 Å². The van der Waals surface area contributed by atoms with Crippen molar-refractivity contribution in [3.63, 3.8) is 0 Å². The first-order chi connectivity index (χ1) is 11.0. The highest BCUT2D eigenvalue weighted by Crippen LogP contribution is 2.24. The molecular weight excluding hydrogens is 320 g/mol. The molecule has 0 radical (unpaired) electrons. The number of hydrogen-bond acceptors (Lipinski definition) is 6. The van der Waals surface area contributed by atoms with Crippen molar-refractivity contribution in [1.82, 2.24) is 24.5 Å². The lowest BCUT2D eigenvalue weighted by atomic mass is 10.3. The van der Waals surface area contributed by atoms with Gasteiger partial charge in [0.1, 0.15) is 12.2 Å². The molecule has 10 heteroatoms. The van der Waals surface area contributed by atoms with Crippen LogP contribution in [-0.2, 0) is 18.4 Å². The molecule has 0 saturated heterocycles. The highest BCUT2D eigenvalue weighted by Gasteiger charge is 2.14. The van der Waals surface area contributed by atoms with Crippen LogP contribution in [0.1, 0.15) is 10.5 Å². The number of thiazole rings is 1. The van der Waals surface area contributed by atoms with Crippen LogP contribution in [0.15, 0.2) is 29.9 Å². The van der Waals surface area contributed by atoms with E-state index < -0.39 is 11.9 Å². The molecule has 3 heterocycles. The third kappa shape index (κ3) is 3.26. The van der Waals surface area contributed by atoms with Gasteiger partial charge in [0.15, 0.2) is 10.8 Å².